The molecule has 0 atom stereocenters. The molecule has 0 unspecified atom stereocenters. The van der Waals surface area contributed by atoms with Crippen molar-refractivity contribution in [1.29, 1.82) is 5.26 Å². The number of nitrogens with zero attached hydrogens (tertiary/aromatic N) is 2. The van der Waals surface area contributed by atoms with Crippen LogP contribution in [-0.2, 0) is 4.79 Å². The lowest BCUT2D eigenvalue weighted by Gasteiger charge is -2.07. The van der Waals surface area contributed by atoms with Gasteiger partial charge in [0.25, 0.3) is 5.91 Å². The summed E-state index contributed by atoms with van der Waals surface area (Å²) in [5.41, 5.74) is 2.23. The molecule has 140 valence electrons. The van der Waals surface area contributed by atoms with E-state index in [2.05, 4.69) is 10.3 Å². The van der Waals surface area contributed by atoms with E-state index < -0.39 is 5.91 Å². The Morgan fingerprint density at radius 2 is 2.04 bits per heavy atom. The number of anilines is 1. The second-order valence-corrected chi connectivity index (χ2v) is 6.94. The van der Waals surface area contributed by atoms with Crippen LogP contribution >= 0.6 is 22.9 Å². The minimum atomic E-state index is -0.517. The molecule has 7 heteroatoms. The molecule has 0 aliphatic heterocycles. The molecule has 2 aromatic carbocycles. The Labute approximate surface area is 171 Å². The van der Waals surface area contributed by atoms with Crippen molar-refractivity contribution in [3.8, 4) is 23.1 Å². The van der Waals surface area contributed by atoms with Crippen LogP contribution in [0.1, 0.15) is 12.5 Å². The molecule has 1 amide bonds. The van der Waals surface area contributed by atoms with Crippen LogP contribution in [0.15, 0.2) is 59.5 Å². The number of carbonyl (C=O) groups is 1. The van der Waals surface area contributed by atoms with Crippen molar-refractivity contribution in [2.24, 2.45) is 0 Å². The molecule has 0 bridgehead atoms. The fourth-order valence-corrected chi connectivity index (χ4v) is 3.28. The van der Waals surface area contributed by atoms with Gasteiger partial charge in [-0.1, -0.05) is 35.9 Å². The highest BCUT2D eigenvalue weighted by atomic mass is 35.5. The molecule has 1 N–H and O–H groups in total. The van der Waals surface area contributed by atoms with Gasteiger partial charge < -0.3 is 4.74 Å². The summed E-state index contributed by atoms with van der Waals surface area (Å²) in [5.74, 6) is 0.213. The van der Waals surface area contributed by atoms with Gasteiger partial charge in [-0.25, -0.2) is 4.98 Å². The Balaban J connectivity index is 1.78. The van der Waals surface area contributed by atoms with Gasteiger partial charge in [0.15, 0.2) is 5.13 Å². The number of rotatable bonds is 6. The van der Waals surface area contributed by atoms with E-state index in [4.69, 9.17) is 16.3 Å². The van der Waals surface area contributed by atoms with E-state index >= 15 is 0 Å². The average molecular weight is 410 g/mol. The van der Waals surface area contributed by atoms with E-state index in [1.165, 1.54) is 17.4 Å². The van der Waals surface area contributed by atoms with Crippen molar-refractivity contribution in [2.45, 2.75) is 6.92 Å². The first-order valence-electron chi connectivity index (χ1n) is 8.47. The molecule has 3 rings (SSSR count). The zero-order valence-corrected chi connectivity index (χ0v) is 16.6. The third-order valence-electron chi connectivity index (χ3n) is 3.73. The van der Waals surface area contributed by atoms with Gasteiger partial charge in [0.1, 0.15) is 17.4 Å². The van der Waals surface area contributed by atoms with Gasteiger partial charge >= 0.3 is 0 Å². The van der Waals surface area contributed by atoms with E-state index in [9.17, 15) is 10.1 Å². The fourth-order valence-electron chi connectivity index (χ4n) is 2.45. The Morgan fingerprint density at radius 3 is 2.75 bits per heavy atom. The van der Waals surface area contributed by atoms with Gasteiger partial charge in [-0.15, -0.1) is 11.3 Å². The molecule has 0 saturated heterocycles. The molecule has 28 heavy (non-hydrogen) atoms. The number of para-hydroxylation sites is 1. The minimum Gasteiger partial charge on any atom is -0.493 e. The Kier molecular flexibility index (Phi) is 6.43. The summed E-state index contributed by atoms with van der Waals surface area (Å²) in [4.78, 5) is 16.9. The van der Waals surface area contributed by atoms with Crippen LogP contribution in [0.5, 0.6) is 5.75 Å². The highest BCUT2D eigenvalue weighted by Gasteiger charge is 2.14. The van der Waals surface area contributed by atoms with Gasteiger partial charge in [0.05, 0.1) is 12.3 Å². The molecular weight excluding hydrogens is 394 g/mol. The highest BCUT2D eigenvalue weighted by molar-refractivity contribution is 7.14. The summed E-state index contributed by atoms with van der Waals surface area (Å²) in [6, 6.07) is 16.4. The van der Waals surface area contributed by atoms with Crippen molar-refractivity contribution in [2.75, 3.05) is 11.9 Å². The normalized spacial score (nSPS) is 11.0. The zero-order valence-electron chi connectivity index (χ0n) is 15.0. The van der Waals surface area contributed by atoms with Crippen molar-refractivity contribution in [3.63, 3.8) is 0 Å². The number of benzene rings is 2. The van der Waals surface area contributed by atoms with E-state index in [-0.39, 0.29) is 5.57 Å². The molecule has 3 aromatic rings. The topological polar surface area (TPSA) is 75.0 Å². The van der Waals surface area contributed by atoms with Crippen LogP contribution in [-0.4, -0.2) is 17.5 Å². The van der Waals surface area contributed by atoms with E-state index in [1.807, 2.05) is 42.6 Å². The van der Waals surface area contributed by atoms with Crippen LogP contribution < -0.4 is 10.1 Å². The summed E-state index contributed by atoms with van der Waals surface area (Å²) in [6.07, 6.45) is 1.50. The van der Waals surface area contributed by atoms with Crippen molar-refractivity contribution < 1.29 is 9.53 Å². The van der Waals surface area contributed by atoms with Crippen LogP contribution in [0.2, 0.25) is 5.02 Å². The quantitative estimate of drug-likeness (QED) is 0.436. The molecular formula is C21H16ClN3O2S. The first-order valence-corrected chi connectivity index (χ1v) is 9.73. The van der Waals surface area contributed by atoms with E-state index in [0.29, 0.717) is 28.0 Å². The largest absolute Gasteiger partial charge is 0.493 e. The van der Waals surface area contributed by atoms with Crippen molar-refractivity contribution in [1.82, 2.24) is 4.98 Å². The SMILES string of the molecule is CCOc1ccccc1-c1csc(NC(=O)/C(C#N)=C/c2ccc(Cl)cc2)n1. The summed E-state index contributed by atoms with van der Waals surface area (Å²) in [7, 11) is 0. The maximum absolute atomic E-state index is 12.4. The third kappa shape index (κ3) is 4.77. The van der Waals surface area contributed by atoms with Gasteiger partial charge in [-0.05, 0) is 42.8 Å². The maximum Gasteiger partial charge on any atom is 0.268 e. The van der Waals surface area contributed by atoms with E-state index in [1.54, 1.807) is 24.3 Å². The number of aromatic nitrogens is 1. The molecule has 1 aromatic heterocycles. The first-order chi connectivity index (χ1) is 13.6. The Bertz CT molecular complexity index is 1050. The molecule has 0 aliphatic carbocycles. The Morgan fingerprint density at radius 1 is 1.29 bits per heavy atom. The highest BCUT2D eigenvalue weighted by Crippen LogP contribution is 2.32. The second-order valence-electron chi connectivity index (χ2n) is 5.64. The van der Waals surface area contributed by atoms with Crippen molar-refractivity contribution >= 4 is 40.1 Å². The van der Waals surface area contributed by atoms with Gasteiger partial charge in [0, 0.05) is 16.0 Å². The summed E-state index contributed by atoms with van der Waals surface area (Å²) >= 11 is 7.14. The minimum absolute atomic E-state index is 0.0196. The van der Waals surface area contributed by atoms with Gasteiger partial charge in [-0.2, -0.15) is 5.26 Å². The standard InChI is InChI=1S/C21H16ClN3O2S/c1-2-27-19-6-4-3-5-17(19)18-13-28-21(24-18)25-20(26)15(12-23)11-14-7-9-16(22)10-8-14/h3-11,13H,2H2,1H3,(H,24,25,26)/b15-11+. The number of halogens is 1. The number of amides is 1. The second kappa shape index (κ2) is 9.18. The molecule has 0 fully saturated rings. The number of nitrogens with one attached hydrogen (secondary N) is 1. The van der Waals surface area contributed by atoms with Gasteiger partial charge in [-0.3, -0.25) is 10.1 Å². The molecule has 0 aliphatic rings. The average Bonchev–Trinajstić information content (AvgIpc) is 3.16. The number of nitriles is 1. The fraction of sp³-hybridized carbons (Fsp3) is 0.0952. The lowest BCUT2D eigenvalue weighted by Crippen LogP contribution is -2.13. The summed E-state index contributed by atoms with van der Waals surface area (Å²) in [5, 5.41) is 14.8. The number of hydrogen-bond donors (Lipinski definition) is 1. The Hall–Kier alpha value is -3.14. The van der Waals surface area contributed by atoms with Crippen LogP contribution in [0.25, 0.3) is 17.3 Å². The predicted molar refractivity (Wildman–Crippen MR) is 112 cm³/mol. The first kappa shape index (κ1) is 19.6. The summed E-state index contributed by atoms with van der Waals surface area (Å²) in [6.45, 7) is 2.46. The smallest absolute Gasteiger partial charge is 0.268 e. The maximum atomic E-state index is 12.4. The van der Waals surface area contributed by atoms with Crippen LogP contribution in [0.4, 0.5) is 5.13 Å². The third-order valence-corrected chi connectivity index (χ3v) is 4.74. The molecule has 0 saturated carbocycles. The number of ether oxygens (including phenoxy) is 1. The van der Waals surface area contributed by atoms with Gasteiger partial charge in [0.2, 0.25) is 0 Å². The van der Waals surface area contributed by atoms with Crippen LogP contribution in [0, 0.1) is 11.3 Å². The number of thiazole rings is 1. The van der Waals surface area contributed by atoms with E-state index in [0.717, 1.165) is 11.3 Å². The molecule has 0 spiro atoms. The number of carbonyl (C=O) groups excluding carboxylic acids is 1. The van der Waals surface area contributed by atoms with Crippen LogP contribution in [0.3, 0.4) is 0 Å². The lowest BCUT2D eigenvalue weighted by atomic mass is 10.1. The van der Waals surface area contributed by atoms with Crippen molar-refractivity contribution in [3.05, 3.63) is 70.1 Å². The molecule has 5 nitrogen and oxygen atoms in total. The lowest BCUT2D eigenvalue weighted by molar-refractivity contribution is -0.112. The monoisotopic (exact) mass is 409 g/mol. The zero-order chi connectivity index (χ0) is 19.9. The molecule has 0 radical (unpaired) electrons. The molecule has 1 heterocycles. The predicted octanol–water partition coefficient (Wildman–Crippen LogP) is 5.41. The summed E-state index contributed by atoms with van der Waals surface area (Å²) < 4.78 is 5.63. The number of hydrogen-bond acceptors (Lipinski definition) is 5.